The van der Waals surface area contributed by atoms with E-state index in [-0.39, 0.29) is 12.8 Å². The largest absolute Gasteiger partial charge is 0.472 e. The molecule has 4 rings (SSSR count). The highest BCUT2D eigenvalue weighted by Gasteiger charge is 2.58. The Kier molecular flexibility index (Phi) is 41.6. The van der Waals surface area contributed by atoms with Crippen molar-refractivity contribution in [2.45, 2.75) is 348 Å². The van der Waals surface area contributed by atoms with Crippen LogP contribution in [0.2, 0.25) is 0 Å². The van der Waals surface area contributed by atoms with Gasteiger partial charge in [0.2, 0.25) is 0 Å². The number of unbranched alkanes of at least 4 members (excludes halogenated alkanes) is 26. The van der Waals surface area contributed by atoms with Crippen LogP contribution >= 0.6 is 7.82 Å². The summed E-state index contributed by atoms with van der Waals surface area (Å²) in [6, 6.07) is 0. The summed E-state index contributed by atoms with van der Waals surface area (Å²) in [7, 11) is -5.75. The summed E-state index contributed by atoms with van der Waals surface area (Å²) in [4.78, 5) is 38.0. The van der Waals surface area contributed by atoms with Gasteiger partial charge in [0, 0.05) is 12.8 Å². The number of hydrogen-bond acceptors (Lipinski definition) is 27. The number of phosphoric acid groups is 1. The van der Waals surface area contributed by atoms with Crippen molar-refractivity contribution in [2.24, 2.45) is 0 Å². The minimum atomic E-state index is -5.75. The van der Waals surface area contributed by atoms with Gasteiger partial charge in [-0.15, -0.1) is 0 Å². The van der Waals surface area contributed by atoms with Crippen LogP contribution in [0.3, 0.4) is 0 Å². The number of allylic oxidation sites excluding steroid dienone is 2. The van der Waals surface area contributed by atoms with Gasteiger partial charge >= 0.3 is 19.8 Å². The Morgan fingerprint density at radius 3 is 1.20 bits per heavy atom. The van der Waals surface area contributed by atoms with Crippen molar-refractivity contribution >= 4 is 19.8 Å². The number of aliphatic hydroxyl groups is 14. The van der Waals surface area contributed by atoms with Gasteiger partial charge in [-0.3, -0.25) is 18.6 Å². The standard InChI is InChI=1S/C64H117O28P/c1-3-5-7-9-11-13-15-17-19-21-22-24-26-28-30-32-34-45(67)83-38-41(86-46(68)35-33-31-29-27-25-23-20-18-16-14-12-10-8-6-4-2)39-85-93(81,82)92-61-59(90-63-57(79)51(73)48(70)43(37-66)88-63)54(76)53(75)55(77)60(61)91-64-58(80)52(74)49(71)44(89-64)40-84-62-56(78)50(72)47(69)42(36-65)87-62/h18,20,41-44,47-66,69-80H,3-17,19,21-40H2,1-2H3,(H,81,82)/b20-18-/t41-,42?,43?,44?,47+,48-,49+,50?,51?,52?,53+,54?,55?,56+,57-,58+,59-,60?,61+,62-,63-,64+/m1/s1. The van der Waals surface area contributed by atoms with Crippen LogP contribution in [-0.2, 0) is 61.1 Å². The van der Waals surface area contributed by atoms with Gasteiger partial charge in [0.25, 0.3) is 0 Å². The maximum Gasteiger partial charge on any atom is 0.472 e. The van der Waals surface area contributed by atoms with Gasteiger partial charge in [-0.05, 0) is 38.5 Å². The van der Waals surface area contributed by atoms with E-state index in [2.05, 4.69) is 26.0 Å². The highest BCUT2D eigenvalue weighted by atomic mass is 31.2. The van der Waals surface area contributed by atoms with Gasteiger partial charge in [-0.2, -0.15) is 0 Å². The maximum atomic E-state index is 14.3. The van der Waals surface area contributed by atoms with Crippen LogP contribution in [0.4, 0.5) is 0 Å². The fourth-order valence-electron chi connectivity index (χ4n) is 11.8. The van der Waals surface area contributed by atoms with E-state index in [0.717, 1.165) is 64.2 Å². The van der Waals surface area contributed by atoms with E-state index in [4.69, 9.17) is 46.9 Å². The molecule has 0 amide bonds. The number of carbonyl (C=O) groups is 2. The van der Waals surface area contributed by atoms with Crippen molar-refractivity contribution in [3.8, 4) is 0 Å². The number of esters is 2. The molecule has 1 saturated carbocycles. The summed E-state index contributed by atoms with van der Waals surface area (Å²) in [5.74, 6) is -1.40. The third-order valence-electron chi connectivity index (χ3n) is 17.7. The summed E-state index contributed by atoms with van der Waals surface area (Å²) in [5.41, 5.74) is 0. The van der Waals surface area contributed by atoms with Crippen LogP contribution in [0.25, 0.3) is 0 Å². The molecule has 4 aliphatic rings. The van der Waals surface area contributed by atoms with Crippen molar-refractivity contribution in [3.05, 3.63) is 12.2 Å². The molecule has 1 aliphatic carbocycles. The molecule has 15 N–H and O–H groups in total. The van der Waals surface area contributed by atoms with Gasteiger partial charge in [0.1, 0.15) is 116 Å². The van der Waals surface area contributed by atoms with Crippen LogP contribution in [0, 0.1) is 0 Å². The molecule has 3 heterocycles. The summed E-state index contributed by atoms with van der Waals surface area (Å²) < 4.78 is 70.0. The lowest BCUT2D eigenvalue weighted by atomic mass is 9.84. The molecule has 0 aromatic rings. The predicted octanol–water partition coefficient (Wildman–Crippen LogP) is 2.92. The van der Waals surface area contributed by atoms with Crippen molar-refractivity contribution < 1.29 is 137 Å². The number of aliphatic hydroxyl groups excluding tert-OH is 14. The third-order valence-corrected chi connectivity index (χ3v) is 18.7. The summed E-state index contributed by atoms with van der Waals surface area (Å²) in [6.45, 7) is 0.0777. The van der Waals surface area contributed by atoms with Crippen LogP contribution in [0.15, 0.2) is 12.2 Å². The Balaban J connectivity index is 1.46. The molecule has 10 unspecified atom stereocenters. The SMILES string of the molecule is CCCCCCCC/C=C\CCCCCCCC(=O)O[C@H](COC(=O)CCCCCCCCCCCCCCCCCC)COP(=O)(O)O[C@@H]1C(O[C@@H]2OC(CO[C@@H]3OC(CO)[C@H](O)C(O)[C@@H]3O)[C@H](O)C(O)[C@@H]2O)C(O)[C@@H](O)C(O)[C@H]1O[C@H]1OC(CO)[C@@H](O)C(O)[C@H]1O. The molecule has 546 valence electrons. The maximum absolute atomic E-state index is 14.3. The van der Waals surface area contributed by atoms with E-state index < -0.39 is 188 Å². The third kappa shape index (κ3) is 29.4. The topological polar surface area (TPSA) is 447 Å². The first-order chi connectivity index (χ1) is 44.6. The van der Waals surface area contributed by atoms with Crippen molar-refractivity contribution in [3.63, 3.8) is 0 Å². The smallest absolute Gasteiger partial charge is 0.462 e. The highest BCUT2D eigenvalue weighted by Crippen LogP contribution is 2.49. The molecule has 4 fully saturated rings. The first kappa shape index (κ1) is 83.4. The molecule has 0 aromatic heterocycles. The first-order valence-electron chi connectivity index (χ1n) is 34.5. The van der Waals surface area contributed by atoms with E-state index >= 15 is 0 Å². The predicted molar refractivity (Wildman–Crippen MR) is 333 cm³/mol. The van der Waals surface area contributed by atoms with Crippen molar-refractivity contribution in [2.75, 3.05) is 33.0 Å². The van der Waals surface area contributed by atoms with Gasteiger partial charge in [0.05, 0.1) is 26.4 Å². The Hall–Kier alpha value is -2.01. The average Bonchev–Trinajstić information content (AvgIpc) is 0.842. The lowest BCUT2D eigenvalue weighted by molar-refractivity contribution is -0.364. The van der Waals surface area contributed by atoms with Gasteiger partial charge < -0.3 is 114 Å². The van der Waals surface area contributed by atoms with E-state index in [9.17, 15) is 90.5 Å². The number of phosphoric ester groups is 1. The molecule has 3 aliphatic heterocycles. The molecule has 29 heteroatoms. The molecule has 23 atom stereocenters. The first-order valence-corrected chi connectivity index (χ1v) is 36.0. The molecule has 0 aromatic carbocycles. The van der Waals surface area contributed by atoms with Crippen LogP contribution in [-0.4, -0.2) is 256 Å². The second-order valence-electron chi connectivity index (χ2n) is 25.4. The molecule has 3 saturated heterocycles. The van der Waals surface area contributed by atoms with Gasteiger partial charge in [-0.1, -0.05) is 174 Å². The molecular formula is C64H117O28P. The molecule has 28 nitrogen and oxygen atoms in total. The highest BCUT2D eigenvalue weighted by molar-refractivity contribution is 7.47. The fourth-order valence-corrected chi connectivity index (χ4v) is 12.8. The van der Waals surface area contributed by atoms with Crippen molar-refractivity contribution in [1.29, 1.82) is 0 Å². The summed E-state index contributed by atoms with van der Waals surface area (Å²) >= 11 is 0. The second kappa shape index (κ2) is 46.4. The molecule has 93 heavy (non-hydrogen) atoms. The fraction of sp³-hybridized carbons (Fsp3) is 0.938. The minimum absolute atomic E-state index is 0.0211. The summed E-state index contributed by atoms with van der Waals surface area (Å²) in [6.07, 6.45) is -9.60. The van der Waals surface area contributed by atoms with E-state index in [1.54, 1.807) is 0 Å². The number of rotatable bonds is 49. The lowest BCUT2D eigenvalue weighted by Gasteiger charge is -2.49. The Labute approximate surface area is 548 Å². The van der Waals surface area contributed by atoms with Gasteiger partial charge in [-0.25, -0.2) is 4.57 Å². The Bertz CT molecular complexity index is 2050. The number of carbonyl (C=O) groups excluding carboxylic acids is 2. The Morgan fingerprint density at radius 2 is 0.774 bits per heavy atom. The number of ether oxygens (including phenoxy) is 8. The zero-order chi connectivity index (χ0) is 68.3. The van der Waals surface area contributed by atoms with E-state index in [1.165, 1.54) is 103 Å². The molecule has 0 bridgehead atoms. The number of hydrogen-bond donors (Lipinski definition) is 15. The zero-order valence-electron chi connectivity index (χ0n) is 54.8. The zero-order valence-corrected chi connectivity index (χ0v) is 55.7. The van der Waals surface area contributed by atoms with Crippen LogP contribution in [0.5, 0.6) is 0 Å². The van der Waals surface area contributed by atoms with Crippen LogP contribution < -0.4 is 0 Å². The average molecular weight is 1370 g/mol. The Morgan fingerprint density at radius 1 is 0.419 bits per heavy atom. The minimum Gasteiger partial charge on any atom is -0.462 e. The normalized spacial score (nSPS) is 33.6. The van der Waals surface area contributed by atoms with E-state index in [1.807, 2.05) is 0 Å². The van der Waals surface area contributed by atoms with Crippen molar-refractivity contribution in [1.82, 2.24) is 0 Å². The lowest BCUT2D eigenvalue weighted by Crippen LogP contribution is -2.69. The van der Waals surface area contributed by atoms with Crippen LogP contribution in [0.1, 0.15) is 213 Å². The molecule has 0 radical (unpaired) electrons. The quantitative estimate of drug-likeness (QED) is 0.0180. The summed E-state index contributed by atoms with van der Waals surface area (Å²) in [5, 5.41) is 150. The molecule has 0 spiro atoms. The van der Waals surface area contributed by atoms with Gasteiger partial charge in [0.15, 0.2) is 25.0 Å². The van der Waals surface area contributed by atoms with E-state index in [0.29, 0.717) is 19.3 Å². The second-order valence-corrected chi connectivity index (χ2v) is 26.8. The molecular weight excluding hydrogens is 1250 g/mol. The monoisotopic (exact) mass is 1360 g/mol.